The van der Waals surface area contributed by atoms with Gasteiger partial charge >= 0.3 is 0 Å². The van der Waals surface area contributed by atoms with Crippen LogP contribution in [0.2, 0.25) is 0 Å². The van der Waals surface area contributed by atoms with Crippen molar-refractivity contribution in [2.75, 3.05) is 18.4 Å². The zero-order chi connectivity index (χ0) is 18.2. The van der Waals surface area contributed by atoms with E-state index >= 15 is 0 Å². The van der Waals surface area contributed by atoms with E-state index in [1.54, 1.807) is 6.20 Å². The molecular formula is C21H23N5O. The first kappa shape index (κ1) is 16.4. The van der Waals surface area contributed by atoms with Gasteiger partial charge in [0, 0.05) is 41.3 Å². The number of hydrogen-bond donors (Lipinski definition) is 3. The molecule has 3 heterocycles. The molecule has 1 aliphatic heterocycles. The van der Waals surface area contributed by atoms with Crippen molar-refractivity contribution in [3.8, 4) is 17.0 Å². The van der Waals surface area contributed by atoms with E-state index in [1.807, 2.05) is 24.4 Å². The molecule has 2 aliphatic rings. The number of phenolic OH excluding ortho intramolecular Hbond substituents is 1. The van der Waals surface area contributed by atoms with Crippen LogP contribution in [0.5, 0.6) is 5.75 Å². The molecule has 1 unspecified atom stereocenters. The van der Waals surface area contributed by atoms with Gasteiger partial charge in [-0.3, -0.25) is 4.98 Å². The van der Waals surface area contributed by atoms with Crippen LogP contribution in [-0.4, -0.2) is 39.4 Å². The predicted octanol–water partition coefficient (Wildman–Crippen LogP) is 3.44. The second kappa shape index (κ2) is 6.78. The van der Waals surface area contributed by atoms with Crippen molar-refractivity contribution in [2.45, 2.75) is 37.6 Å². The summed E-state index contributed by atoms with van der Waals surface area (Å²) in [5.74, 6) is 1.63. The minimum Gasteiger partial charge on any atom is -0.507 e. The minimum atomic E-state index is 0.268. The number of pyridine rings is 1. The van der Waals surface area contributed by atoms with Gasteiger partial charge < -0.3 is 15.7 Å². The average molecular weight is 361 g/mol. The van der Waals surface area contributed by atoms with E-state index in [0.29, 0.717) is 23.2 Å². The first-order chi connectivity index (χ1) is 13.3. The maximum Gasteiger partial charge on any atom is 0.158 e. The molecule has 6 heteroatoms. The van der Waals surface area contributed by atoms with Crippen LogP contribution < -0.4 is 10.6 Å². The fraction of sp³-hybridized carbons (Fsp3) is 0.381. The van der Waals surface area contributed by atoms with E-state index in [9.17, 15) is 5.11 Å². The van der Waals surface area contributed by atoms with Gasteiger partial charge in [0.05, 0.1) is 0 Å². The molecule has 138 valence electrons. The Morgan fingerprint density at radius 3 is 2.78 bits per heavy atom. The molecule has 0 spiro atoms. The average Bonchev–Trinajstić information content (AvgIpc) is 3.55. The summed E-state index contributed by atoms with van der Waals surface area (Å²) >= 11 is 0. The predicted molar refractivity (Wildman–Crippen MR) is 106 cm³/mol. The third kappa shape index (κ3) is 3.21. The second-order valence-electron chi connectivity index (χ2n) is 7.56. The molecule has 2 fully saturated rings. The van der Waals surface area contributed by atoms with E-state index < -0.39 is 0 Å². The van der Waals surface area contributed by atoms with Crippen LogP contribution >= 0.6 is 0 Å². The topological polar surface area (TPSA) is 83.0 Å². The molecular weight excluding hydrogens is 338 g/mol. The van der Waals surface area contributed by atoms with Gasteiger partial charge in [0.1, 0.15) is 11.4 Å². The quantitative estimate of drug-likeness (QED) is 0.660. The largest absolute Gasteiger partial charge is 0.507 e. The van der Waals surface area contributed by atoms with Crippen LogP contribution in [0.3, 0.4) is 0 Å². The van der Waals surface area contributed by atoms with Crippen molar-refractivity contribution < 1.29 is 5.11 Å². The summed E-state index contributed by atoms with van der Waals surface area (Å²) in [4.78, 5) is 4.28. The fourth-order valence-corrected chi connectivity index (χ4v) is 3.89. The van der Waals surface area contributed by atoms with Crippen LogP contribution in [0, 0.1) is 0 Å². The Balaban J connectivity index is 1.55. The van der Waals surface area contributed by atoms with Crippen LogP contribution in [-0.2, 0) is 0 Å². The number of fused-ring (bicyclic) bond motifs is 1. The lowest BCUT2D eigenvalue weighted by Gasteiger charge is -2.24. The van der Waals surface area contributed by atoms with Gasteiger partial charge in [-0.05, 0) is 61.9 Å². The van der Waals surface area contributed by atoms with Gasteiger partial charge in [-0.25, -0.2) is 0 Å². The molecule has 5 rings (SSSR count). The molecule has 3 aromatic rings. The second-order valence-corrected chi connectivity index (χ2v) is 7.56. The van der Waals surface area contributed by atoms with E-state index in [1.165, 1.54) is 18.4 Å². The molecule has 1 aliphatic carbocycles. The van der Waals surface area contributed by atoms with Crippen LogP contribution in [0.25, 0.3) is 22.0 Å². The van der Waals surface area contributed by atoms with Crippen LogP contribution in [0.4, 0.5) is 5.82 Å². The number of benzene rings is 1. The maximum atomic E-state index is 10.6. The van der Waals surface area contributed by atoms with Gasteiger partial charge in [0.15, 0.2) is 5.82 Å². The molecule has 3 N–H and O–H groups in total. The molecule has 27 heavy (non-hydrogen) atoms. The van der Waals surface area contributed by atoms with Gasteiger partial charge in [-0.2, -0.15) is 0 Å². The molecule has 6 nitrogen and oxygen atoms in total. The van der Waals surface area contributed by atoms with Crippen molar-refractivity contribution in [2.24, 2.45) is 0 Å². The van der Waals surface area contributed by atoms with Crippen LogP contribution in [0.1, 0.15) is 37.2 Å². The number of anilines is 1. The van der Waals surface area contributed by atoms with Gasteiger partial charge in [-0.1, -0.05) is 6.07 Å². The summed E-state index contributed by atoms with van der Waals surface area (Å²) in [6.07, 6.45) is 8.27. The van der Waals surface area contributed by atoms with Gasteiger partial charge in [-0.15, -0.1) is 10.2 Å². The Bertz CT molecular complexity index is 979. The summed E-state index contributed by atoms with van der Waals surface area (Å²) < 4.78 is 0. The third-order valence-electron chi connectivity index (χ3n) is 5.54. The van der Waals surface area contributed by atoms with Crippen molar-refractivity contribution in [1.82, 2.24) is 20.5 Å². The molecule has 1 atom stereocenters. The Labute approximate surface area is 158 Å². The highest BCUT2D eigenvalue weighted by molar-refractivity contribution is 6.00. The summed E-state index contributed by atoms with van der Waals surface area (Å²) in [7, 11) is 0. The minimum absolute atomic E-state index is 0.268. The Kier molecular flexibility index (Phi) is 4.13. The van der Waals surface area contributed by atoms with Crippen molar-refractivity contribution >= 4 is 16.6 Å². The number of piperidine rings is 1. The summed E-state index contributed by atoms with van der Waals surface area (Å²) in [6.45, 7) is 2.00. The number of phenols is 1. The zero-order valence-electron chi connectivity index (χ0n) is 15.2. The lowest BCUT2D eigenvalue weighted by molar-refractivity contribution is 0.476. The number of aromatic nitrogens is 3. The van der Waals surface area contributed by atoms with E-state index in [-0.39, 0.29) is 5.75 Å². The van der Waals surface area contributed by atoms with Gasteiger partial charge in [0.2, 0.25) is 0 Å². The monoisotopic (exact) mass is 361 g/mol. The third-order valence-corrected chi connectivity index (χ3v) is 5.54. The van der Waals surface area contributed by atoms with Gasteiger partial charge in [0.25, 0.3) is 0 Å². The van der Waals surface area contributed by atoms with Crippen molar-refractivity contribution in [3.05, 3.63) is 42.2 Å². The molecule has 1 saturated heterocycles. The standard InChI is InChI=1S/C21H23N5O/c27-19-10-14(13-3-4-13)5-6-17(19)20-16-7-9-23-12-18(16)21(26-25-20)24-15-2-1-8-22-11-15/h5-7,9-10,12-13,15,22,27H,1-4,8,11H2,(H,24,26). The molecule has 0 bridgehead atoms. The molecule has 1 aromatic carbocycles. The highest BCUT2D eigenvalue weighted by atomic mass is 16.3. The number of rotatable bonds is 4. The number of aromatic hydroxyl groups is 1. The smallest absolute Gasteiger partial charge is 0.158 e. The molecule has 2 aromatic heterocycles. The molecule has 0 amide bonds. The maximum absolute atomic E-state index is 10.6. The zero-order valence-corrected chi connectivity index (χ0v) is 15.2. The SMILES string of the molecule is Oc1cc(C2CC2)ccc1-c1nnc(NC2CCCNC2)c2cnccc12. The lowest BCUT2D eigenvalue weighted by atomic mass is 10.0. The lowest BCUT2D eigenvalue weighted by Crippen LogP contribution is -2.38. The highest BCUT2D eigenvalue weighted by Gasteiger charge is 2.25. The van der Waals surface area contributed by atoms with E-state index in [4.69, 9.17) is 0 Å². The first-order valence-corrected chi connectivity index (χ1v) is 9.70. The normalized spacial score (nSPS) is 19.9. The van der Waals surface area contributed by atoms with Crippen molar-refractivity contribution in [3.63, 3.8) is 0 Å². The summed E-state index contributed by atoms with van der Waals surface area (Å²) in [5.41, 5.74) is 2.62. The summed E-state index contributed by atoms with van der Waals surface area (Å²) in [6, 6.07) is 8.22. The number of hydrogen-bond acceptors (Lipinski definition) is 6. The highest BCUT2D eigenvalue weighted by Crippen LogP contribution is 2.43. The summed E-state index contributed by atoms with van der Waals surface area (Å²) in [5, 5.41) is 28.3. The molecule has 0 radical (unpaired) electrons. The molecule has 1 saturated carbocycles. The first-order valence-electron chi connectivity index (χ1n) is 9.70. The Morgan fingerprint density at radius 1 is 1.07 bits per heavy atom. The van der Waals surface area contributed by atoms with Crippen molar-refractivity contribution in [1.29, 1.82) is 0 Å². The number of nitrogens with one attached hydrogen (secondary N) is 2. The number of nitrogens with zero attached hydrogens (tertiary/aromatic N) is 3. The van der Waals surface area contributed by atoms with E-state index in [0.717, 1.165) is 42.5 Å². The van der Waals surface area contributed by atoms with Crippen LogP contribution in [0.15, 0.2) is 36.7 Å². The fourth-order valence-electron chi connectivity index (χ4n) is 3.89. The Morgan fingerprint density at radius 2 is 2.00 bits per heavy atom. The Hall–Kier alpha value is -2.73. The van der Waals surface area contributed by atoms with E-state index in [2.05, 4.69) is 31.9 Å².